The van der Waals surface area contributed by atoms with E-state index in [0.717, 1.165) is 44.9 Å². The monoisotopic (exact) mass is 278 g/mol. The first-order valence-electron chi connectivity index (χ1n) is 6.79. The molecule has 0 amide bonds. The van der Waals surface area contributed by atoms with Crippen LogP contribution in [0.1, 0.15) is 44.9 Å². The number of sulfonamides is 1. The lowest BCUT2D eigenvalue weighted by Gasteiger charge is -2.27. The molecule has 0 atom stereocenters. The van der Waals surface area contributed by atoms with Crippen LogP contribution in [0.4, 0.5) is 0 Å². The maximum absolute atomic E-state index is 10.8. The lowest BCUT2D eigenvalue weighted by atomic mass is 9.94. The Bertz CT molecular complexity index is 322. The van der Waals surface area contributed by atoms with Crippen LogP contribution in [0.25, 0.3) is 0 Å². The molecule has 0 heterocycles. The van der Waals surface area contributed by atoms with E-state index in [1.165, 1.54) is 12.8 Å². The Balaban J connectivity index is 2.09. The molecule has 1 saturated carbocycles. The Labute approximate surface area is 110 Å². The highest BCUT2D eigenvalue weighted by molar-refractivity contribution is 7.88. The van der Waals surface area contributed by atoms with Crippen LogP contribution in [0.2, 0.25) is 0 Å². The average Bonchev–Trinajstić information content (AvgIpc) is 2.47. The zero-order chi connectivity index (χ0) is 13.5. The van der Waals surface area contributed by atoms with Crippen molar-refractivity contribution >= 4 is 10.0 Å². The van der Waals surface area contributed by atoms with Gasteiger partial charge in [-0.15, -0.1) is 0 Å². The summed E-state index contributed by atoms with van der Waals surface area (Å²) < 4.78 is 24.1. The third-order valence-corrected chi connectivity index (χ3v) is 4.11. The van der Waals surface area contributed by atoms with Crippen LogP contribution in [-0.4, -0.2) is 45.0 Å². The summed E-state index contributed by atoms with van der Waals surface area (Å²) in [5, 5.41) is 13.6. The van der Waals surface area contributed by atoms with E-state index >= 15 is 0 Å². The summed E-state index contributed by atoms with van der Waals surface area (Å²) in [6, 6.07) is 0. The summed E-state index contributed by atoms with van der Waals surface area (Å²) in [4.78, 5) is 0. The van der Waals surface area contributed by atoms with Crippen LogP contribution < -0.4 is 10.0 Å². The molecular weight excluding hydrogens is 252 g/mol. The summed E-state index contributed by atoms with van der Waals surface area (Å²) in [5.74, 6) is 0. The smallest absolute Gasteiger partial charge is 0.208 e. The SMILES string of the molecule is CS(=O)(=O)NCCCNCC1(O)CCCCCC1. The Kier molecular flexibility index (Phi) is 6.55. The van der Waals surface area contributed by atoms with Crippen molar-refractivity contribution < 1.29 is 13.5 Å². The summed E-state index contributed by atoms with van der Waals surface area (Å²) in [7, 11) is -3.08. The molecule has 108 valence electrons. The molecule has 0 spiro atoms. The molecule has 0 aliphatic heterocycles. The van der Waals surface area contributed by atoms with E-state index in [1.807, 2.05) is 0 Å². The van der Waals surface area contributed by atoms with E-state index in [9.17, 15) is 13.5 Å². The summed E-state index contributed by atoms with van der Waals surface area (Å²) in [6.45, 7) is 1.79. The predicted octanol–water partition coefficient (Wildman–Crippen LogP) is 0.601. The average molecular weight is 278 g/mol. The van der Waals surface area contributed by atoms with Crippen molar-refractivity contribution in [3.8, 4) is 0 Å². The second-order valence-corrected chi connectivity index (χ2v) is 7.17. The van der Waals surface area contributed by atoms with Gasteiger partial charge in [0.05, 0.1) is 11.9 Å². The minimum absolute atomic E-state index is 0.449. The van der Waals surface area contributed by atoms with Crippen molar-refractivity contribution in [2.24, 2.45) is 0 Å². The van der Waals surface area contributed by atoms with Gasteiger partial charge >= 0.3 is 0 Å². The fourth-order valence-electron chi connectivity index (χ4n) is 2.36. The Morgan fingerprint density at radius 2 is 1.72 bits per heavy atom. The number of nitrogens with one attached hydrogen (secondary N) is 2. The quantitative estimate of drug-likeness (QED) is 0.471. The minimum Gasteiger partial charge on any atom is -0.389 e. The molecule has 1 rings (SSSR count). The first-order valence-corrected chi connectivity index (χ1v) is 8.68. The molecule has 5 nitrogen and oxygen atoms in total. The molecule has 0 unspecified atom stereocenters. The second kappa shape index (κ2) is 7.43. The van der Waals surface area contributed by atoms with Crippen molar-refractivity contribution in [1.29, 1.82) is 0 Å². The number of hydrogen-bond acceptors (Lipinski definition) is 4. The molecule has 0 aromatic carbocycles. The molecule has 18 heavy (non-hydrogen) atoms. The zero-order valence-corrected chi connectivity index (χ0v) is 12.1. The van der Waals surface area contributed by atoms with Gasteiger partial charge in [-0.3, -0.25) is 0 Å². The standard InChI is InChI=1S/C12H26N2O3S/c1-18(16,17)14-10-6-9-13-11-12(15)7-4-2-3-5-8-12/h13-15H,2-11H2,1H3. The van der Waals surface area contributed by atoms with Crippen molar-refractivity contribution in [2.45, 2.75) is 50.5 Å². The van der Waals surface area contributed by atoms with Crippen LogP contribution in [0.15, 0.2) is 0 Å². The number of aliphatic hydroxyl groups is 1. The van der Waals surface area contributed by atoms with E-state index in [1.54, 1.807) is 0 Å². The van der Waals surface area contributed by atoms with Gasteiger partial charge in [0, 0.05) is 13.1 Å². The molecule has 1 aliphatic carbocycles. The van der Waals surface area contributed by atoms with Gasteiger partial charge in [0.1, 0.15) is 0 Å². The molecule has 1 aliphatic rings. The maximum Gasteiger partial charge on any atom is 0.208 e. The fraction of sp³-hybridized carbons (Fsp3) is 1.00. The summed E-state index contributed by atoms with van der Waals surface area (Å²) in [6.07, 6.45) is 8.31. The highest BCUT2D eigenvalue weighted by Gasteiger charge is 2.26. The lowest BCUT2D eigenvalue weighted by Crippen LogP contribution is -2.41. The van der Waals surface area contributed by atoms with Gasteiger partial charge in [-0.25, -0.2) is 13.1 Å². The molecule has 3 N–H and O–H groups in total. The second-order valence-electron chi connectivity index (χ2n) is 5.34. The van der Waals surface area contributed by atoms with Gasteiger partial charge in [0.25, 0.3) is 0 Å². The van der Waals surface area contributed by atoms with Crippen molar-refractivity contribution in [3.05, 3.63) is 0 Å². The van der Waals surface area contributed by atoms with Crippen LogP contribution in [-0.2, 0) is 10.0 Å². The number of rotatable bonds is 7. The van der Waals surface area contributed by atoms with Gasteiger partial charge in [0.15, 0.2) is 0 Å². The molecular formula is C12H26N2O3S. The van der Waals surface area contributed by atoms with E-state index in [0.29, 0.717) is 13.1 Å². The zero-order valence-electron chi connectivity index (χ0n) is 11.2. The van der Waals surface area contributed by atoms with Crippen molar-refractivity contribution in [3.63, 3.8) is 0 Å². The van der Waals surface area contributed by atoms with E-state index in [4.69, 9.17) is 0 Å². The van der Waals surface area contributed by atoms with E-state index in [-0.39, 0.29) is 0 Å². The summed E-state index contributed by atoms with van der Waals surface area (Å²) in [5.41, 5.74) is -0.555. The first kappa shape index (κ1) is 15.9. The Morgan fingerprint density at radius 1 is 1.11 bits per heavy atom. The van der Waals surface area contributed by atoms with Crippen molar-refractivity contribution in [1.82, 2.24) is 10.0 Å². The van der Waals surface area contributed by atoms with Gasteiger partial charge in [-0.05, 0) is 25.8 Å². The number of hydrogen-bond donors (Lipinski definition) is 3. The first-order chi connectivity index (χ1) is 8.41. The van der Waals surface area contributed by atoms with Crippen molar-refractivity contribution in [2.75, 3.05) is 25.9 Å². The Hall–Kier alpha value is -0.170. The topological polar surface area (TPSA) is 78.4 Å². The molecule has 0 aromatic heterocycles. The molecule has 0 bridgehead atoms. The maximum atomic E-state index is 10.8. The molecule has 0 saturated heterocycles. The van der Waals surface area contributed by atoms with Crippen LogP contribution >= 0.6 is 0 Å². The lowest BCUT2D eigenvalue weighted by molar-refractivity contribution is 0.0255. The molecule has 1 fully saturated rings. The van der Waals surface area contributed by atoms with E-state index < -0.39 is 15.6 Å². The third kappa shape index (κ3) is 7.31. The fourth-order valence-corrected chi connectivity index (χ4v) is 2.87. The van der Waals surface area contributed by atoms with Gasteiger partial charge in [0.2, 0.25) is 10.0 Å². The van der Waals surface area contributed by atoms with Crippen LogP contribution in [0.5, 0.6) is 0 Å². The molecule has 0 radical (unpaired) electrons. The van der Waals surface area contributed by atoms with E-state index in [2.05, 4.69) is 10.0 Å². The highest BCUT2D eigenvalue weighted by Crippen LogP contribution is 2.26. The van der Waals surface area contributed by atoms with Gasteiger partial charge < -0.3 is 10.4 Å². The van der Waals surface area contributed by atoms with Crippen LogP contribution in [0.3, 0.4) is 0 Å². The summed E-state index contributed by atoms with van der Waals surface area (Å²) >= 11 is 0. The van der Waals surface area contributed by atoms with Crippen LogP contribution in [0, 0.1) is 0 Å². The van der Waals surface area contributed by atoms with Gasteiger partial charge in [-0.2, -0.15) is 0 Å². The highest BCUT2D eigenvalue weighted by atomic mass is 32.2. The van der Waals surface area contributed by atoms with Gasteiger partial charge in [-0.1, -0.05) is 25.7 Å². The Morgan fingerprint density at radius 3 is 2.28 bits per heavy atom. The molecule has 0 aromatic rings. The largest absolute Gasteiger partial charge is 0.389 e. The normalized spacial score (nSPS) is 20.6. The molecule has 6 heteroatoms. The third-order valence-electron chi connectivity index (χ3n) is 3.38. The predicted molar refractivity (Wildman–Crippen MR) is 73.0 cm³/mol. The minimum atomic E-state index is -3.08.